The molecule has 1 aliphatic heterocycles. The topological polar surface area (TPSA) is 64.4 Å². The van der Waals surface area contributed by atoms with Crippen LogP contribution in [0.4, 0.5) is 0 Å². The standard InChI is InChI=1S/C19H23N3O3/c1-3-25-19(24)15-10-7-11-22(13-15)18(23)17-12-16(20-21(17)2)14-8-5-4-6-9-14/h4-6,8-9,12,15H,3,7,10-11,13H2,1-2H3. The van der Waals surface area contributed by atoms with Crippen molar-refractivity contribution in [1.82, 2.24) is 14.7 Å². The molecule has 0 bridgehead atoms. The summed E-state index contributed by atoms with van der Waals surface area (Å²) in [7, 11) is 1.77. The van der Waals surface area contributed by atoms with Crippen LogP contribution >= 0.6 is 0 Å². The number of hydrogen-bond donors (Lipinski definition) is 0. The lowest BCUT2D eigenvalue weighted by molar-refractivity contribution is -0.149. The zero-order valence-electron chi connectivity index (χ0n) is 14.6. The second kappa shape index (κ2) is 7.51. The number of aryl methyl sites for hydroxylation is 1. The van der Waals surface area contributed by atoms with E-state index >= 15 is 0 Å². The van der Waals surface area contributed by atoms with Crippen LogP contribution in [0, 0.1) is 5.92 Å². The highest BCUT2D eigenvalue weighted by atomic mass is 16.5. The summed E-state index contributed by atoms with van der Waals surface area (Å²) in [5.74, 6) is -0.541. The maximum absolute atomic E-state index is 12.9. The van der Waals surface area contributed by atoms with Gasteiger partial charge in [0.2, 0.25) is 0 Å². The van der Waals surface area contributed by atoms with Gasteiger partial charge in [-0.2, -0.15) is 5.10 Å². The zero-order chi connectivity index (χ0) is 17.8. The van der Waals surface area contributed by atoms with Crippen molar-refractivity contribution in [3.05, 3.63) is 42.1 Å². The third kappa shape index (κ3) is 3.73. The number of benzene rings is 1. The highest BCUT2D eigenvalue weighted by Crippen LogP contribution is 2.22. The number of piperidine rings is 1. The fourth-order valence-electron chi connectivity index (χ4n) is 3.19. The van der Waals surface area contributed by atoms with E-state index in [1.807, 2.05) is 36.4 Å². The lowest BCUT2D eigenvalue weighted by Crippen LogP contribution is -2.43. The van der Waals surface area contributed by atoms with Gasteiger partial charge < -0.3 is 9.64 Å². The number of esters is 1. The van der Waals surface area contributed by atoms with Gasteiger partial charge in [-0.15, -0.1) is 0 Å². The van der Waals surface area contributed by atoms with Gasteiger partial charge in [0.15, 0.2) is 0 Å². The molecule has 1 aromatic carbocycles. The third-order valence-electron chi connectivity index (χ3n) is 4.50. The predicted molar refractivity (Wildman–Crippen MR) is 93.9 cm³/mol. The molecule has 0 aliphatic carbocycles. The second-order valence-corrected chi connectivity index (χ2v) is 6.25. The summed E-state index contributed by atoms with van der Waals surface area (Å²) in [5.41, 5.74) is 2.27. The van der Waals surface area contributed by atoms with Crippen molar-refractivity contribution in [2.45, 2.75) is 19.8 Å². The van der Waals surface area contributed by atoms with Crippen molar-refractivity contribution in [2.24, 2.45) is 13.0 Å². The highest BCUT2D eigenvalue weighted by molar-refractivity contribution is 5.94. The van der Waals surface area contributed by atoms with Crippen molar-refractivity contribution < 1.29 is 14.3 Å². The summed E-state index contributed by atoms with van der Waals surface area (Å²) in [5, 5.41) is 4.46. The molecule has 1 aromatic heterocycles. The molecule has 1 saturated heterocycles. The molecule has 0 N–H and O–H groups in total. The van der Waals surface area contributed by atoms with Crippen molar-refractivity contribution in [3.63, 3.8) is 0 Å². The Morgan fingerprint density at radius 1 is 1.28 bits per heavy atom. The lowest BCUT2D eigenvalue weighted by atomic mass is 9.98. The second-order valence-electron chi connectivity index (χ2n) is 6.25. The molecular formula is C19H23N3O3. The summed E-state index contributed by atoms with van der Waals surface area (Å²) in [6.45, 7) is 3.22. The summed E-state index contributed by atoms with van der Waals surface area (Å²) in [6, 6.07) is 11.6. The Morgan fingerprint density at radius 2 is 2.04 bits per heavy atom. The van der Waals surface area contributed by atoms with Gasteiger partial charge in [-0.05, 0) is 25.8 Å². The Balaban J connectivity index is 1.77. The Kier molecular flexibility index (Phi) is 5.16. The lowest BCUT2D eigenvalue weighted by Gasteiger charge is -2.31. The number of hydrogen-bond acceptors (Lipinski definition) is 4. The van der Waals surface area contributed by atoms with E-state index < -0.39 is 0 Å². The average molecular weight is 341 g/mol. The predicted octanol–water partition coefficient (Wildman–Crippen LogP) is 2.50. The normalized spacial score (nSPS) is 17.4. The molecule has 1 fully saturated rings. The summed E-state index contributed by atoms with van der Waals surface area (Å²) >= 11 is 0. The van der Waals surface area contributed by atoms with Gasteiger partial charge >= 0.3 is 5.97 Å². The van der Waals surface area contributed by atoms with Gasteiger partial charge in [0.05, 0.1) is 18.2 Å². The first kappa shape index (κ1) is 17.2. The first-order valence-electron chi connectivity index (χ1n) is 8.65. The number of amides is 1. The molecule has 2 aromatic rings. The van der Waals surface area contributed by atoms with E-state index in [9.17, 15) is 9.59 Å². The smallest absolute Gasteiger partial charge is 0.310 e. The van der Waals surface area contributed by atoms with Gasteiger partial charge in [0.25, 0.3) is 5.91 Å². The number of carbonyl (C=O) groups is 2. The molecule has 6 heteroatoms. The molecular weight excluding hydrogens is 318 g/mol. The minimum atomic E-state index is -0.237. The van der Waals surface area contributed by atoms with E-state index in [1.165, 1.54) is 0 Å². The van der Waals surface area contributed by atoms with Crippen LogP contribution in [-0.2, 0) is 16.6 Å². The molecule has 6 nitrogen and oxygen atoms in total. The monoisotopic (exact) mass is 341 g/mol. The first-order chi connectivity index (χ1) is 12.1. The van der Waals surface area contributed by atoms with Crippen molar-refractivity contribution in [3.8, 4) is 11.3 Å². The summed E-state index contributed by atoms with van der Waals surface area (Å²) in [6.07, 6.45) is 1.57. The third-order valence-corrected chi connectivity index (χ3v) is 4.50. The minimum absolute atomic E-state index is 0.0915. The van der Waals surface area contributed by atoms with Crippen LogP contribution in [0.5, 0.6) is 0 Å². The highest BCUT2D eigenvalue weighted by Gasteiger charge is 2.31. The number of aromatic nitrogens is 2. The number of likely N-dealkylation sites (tertiary alicyclic amines) is 1. The Labute approximate surface area is 147 Å². The van der Waals surface area contributed by atoms with E-state index in [-0.39, 0.29) is 17.8 Å². The molecule has 2 heterocycles. The van der Waals surface area contributed by atoms with E-state index in [0.29, 0.717) is 25.4 Å². The fourth-order valence-corrected chi connectivity index (χ4v) is 3.19. The number of carbonyl (C=O) groups excluding carboxylic acids is 2. The Bertz CT molecular complexity index is 755. The van der Waals surface area contributed by atoms with Gasteiger partial charge in [0.1, 0.15) is 5.69 Å². The quantitative estimate of drug-likeness (QED) is 0.802. The van der Waals surface area contributed by atoms with Gasteiger partial charge in [0, 0.05) is 25.7 Å². The molecule has 0 radical (unpaired) electrons. The van der Waals surface area contributed by atoms with Crippen LogP contribution < -0.4 is 0 Å². The van der Waals surface area contributed by atoms with Crippen molar-refractivity contribution in [2.75, 3.05) is 19.7 Å². The Morgan fingerprint density at radius 3 is 2.76 bits per heavy atom. The van der Waals surface area contributed by atoms with Crippen LogP contribution in [-0.4, -0.2) is 46.3 Å². The molecule has 1 amide bonds. The zero-order valence-corrected chi connectivity index (χ0v) is 14.6. The maximum atomic E-state index is 12.9. The van der Waals surface area contributed by atoms with E-state index in [1.54, 1.807) is 23.6 Å². The molecule has 1 aliphatic rings. The molecule has 132 valence electrons. The number of ether oxygens (including phenoxy) is 1. The van der Waals surface area contributed by atoms with Crippen LogP contribution in [0.1, 0.15) is 30.3 Å². The fraction of sp³-hybridized carbons (Fsp3) is 0.421. The van der Waals surface area contributed by atoms with Crippen LogP contribution in [0.2, 0.25) is 0 Å². The molecule has 1 unspecified atom stereocenters. The molecule has 25 heavy (non-hydrogen) atoms. The molecule has 1 atom stereocenters. The van der Waals surface area contributed by atoms with Crippen molar-refractivity contribution in [1.29, 1.82) is 0 Å². The average Bonchev–Trinajstić information content (AvgIpc) is 3.04. The van der Waals surface area contributed by atoms with Gasteiger partial charge in [-0.1, -0.05) is 30.3 Å². The Hall–Kier alpha value is -2.63. The SMILES string of the molecule is CCOC(=O)C1CCCN(C(=O)c2cc(-c3ccccc3)nn2C)C1. The number of rotatable bonds is 4. The summed E-state index contributed by atoms with van der Waals surface area (Å²) < 4.78 is 6.72. The van der Waals surface area contributed by atoms with Gasteiger partial charge in [-0.25, -0.2) is 0 Å². The van der Waals surface area contributed by atoms with E-state index in [4.69, 9.17) is 4.74 Å². The van der Waals surface area contributed by atoms with Crippen LogP contribution in [0.15, 0.2) is 36.4 Å². The van der Waals surface area contributed by atoms with Crippen molar-refractivity contribution >= 4 is 11.9 Å². The number of nitrogens with zero attached hydrogens (tertiary/aromatic N) is 3. The molecule has 0 spiro atoms. The molecule has 3 rings (SSSR count). The summed E-state index contributed by atoms with van der Waals surface area (Å²) in [4.78, 5) is 26.6. The minimum Gasteiger partial charge on any atom is -0.466 e. The van der Waals surface area contributed by atoms with E-state index in [2.05, 4.69) is 5.10 Å². The van der Waals surface area contributed by atoms with E-state index in [0.717, 1.165) is 24.1 Å². The first-order valence-corrected chi connectivity index (χ1v) is 8.65. The van der Waals surface area contributed by atoms with Gasteiger partial charge in [-0.3, -0.25) is 14.3 Å². The van der Waals surface area contributed by atoms with Crippen LogP contribution in [0.25, 0.3) is 11.3 Å². The maximum Gasteiger partial charge on any atom is 0.310 e. The van der Waals surface area contributed by atoms with Crippen LogP contribution in [0.3, 0.4) is 0 Å². The molecule has 0 saturated carbocycles. The largest absolute Gasteiger partial charge is 0.466 e.